The molecule has 1 aliphatic rings. The van der Waals surface area contributed by atoms with Crippen molar-refractivity contribution in [3.8, 4) is 0 Å². The van der Waals surface area contributed by atoms with E-state index in [4.69, 9.17) is 5.11 Å². The van der Waals surface area contributed by atoms with Crippen molar-refractivity contribution in [2.24, 2.45) is 5.92 Å². The molecule has 1 aromatic carbocycles. The van der Waals surface area contributed by atoms with Crippen molar-refractivity contribution in [1.82, 2.24) is 5.32 Å². The van der Waals surface area contributed by atoms with Crippen molar-refractivity contribution in [3.05, 3.63) is 29.6 Å². The van der Waals surface area contributed by atoms with Gasteiger partial charge in [0.1, 0.15) is 5.82 Å². The molecule has 6 heteroatoms. The fourth-order valence-corrected chi connectivity index (χ4v) is 2.65. The van der Waals surface area contributed by atoms with Crippen LogP contribution in [0.25, 0.3) is 0 Å². The van der Waals surface area contributed by atoms with E-state index in [9.17, 15) is 14.0 Å². The van der Waals surface area contributed by atoms with Crippen LogP contribution >= 0.6 is 0 Å². The monoisotopic (exact) mass is 308 g/mol. The van der Waals surface area contributed by atoms with E-state index in [0.29, 0.717) is 17.2 Å². The third-order valence-electron chi connectivity index (χ3n) is 4.06. The highest BCUT2D eigenvalue weighted by molar-refractivity contribution is 6.39. The Labute approximate surface area is 128 Å². The molecule has 0 aliphatic heterocycles. The minimum Gasteiger partial charge on any atom is -0.396 e. The highest BCUT2D eigenvalue weighted by Gasteiger charge is 2.24. The maximum atomic E-state index is 13.2. The summed E-state index contributed by atoms with van der Waals surface area (Å²) < 4.78 is 13.2. The van der Waals surface area contributed by atoms with E-state index in [1.807, 2.05) is 0 Å². The number of hydrogen-bond donors (Lipinski definition) is 3. The van der Waals surface area contributed by atoms with Crippen LogP contribution in [0.4, 0.5) is 10.1 Å². The fourth-order valence-electron chi connectivity index (χ4n) is 2.65. The maximum absolute atomic E-state index is 13.2. The molecule has 0 spiro atoms. The summed E-state index contributed by atoms with van der Waals surface area (Å²) in [5, 5.41) is 14.2. The molecule has 1 fully saturated rings. The average molecular weight is 308 g/mol. The molecule has 0 atom stereocenters. The van der Waals surface area contributed by atoms with Gasteiger partial charge in [0, 0.05) is 18.3 Å². The molecule has 0 unspecified atom stereocenters. The molecule has 3 N–H and O–H groups in total. The largest absolute Gasteiger partial charge is 0.396 e. The summed E-state index contributed by atoms with van der Waals surface area (Å²) >= 11 is 0. The molecule has 120 valence electrons. The summed E-state index contributed by atoms with van der Waals surface area (Å²) in [6.45, 7) is 1.76. The van der Waals surface area contributed by atoms with Gasteiger partial charge in [-0.15, -0.1) is 0 Å². The number of aliphatic hydroxyl groups excluding tert-OH is 1. The predicted octanol–water partition coefficient (Wildman–Crippen LogP) is 1.74. The fraction of sp³-hybridized carbons (Fsp3) is 0.500. The first-order chi connectivity index (χ1) is 10.5. The van der Waals surface area contributed by atoms with E-state index in [-0.39, 0.29) is 18.5 Å². The van der Waals surface area contributed by atoms with Gasteiger partial charge in [-0.25, -0.2) is 4.39 Å². The summed E-state index contributed by atoms with van der Waals surface area (Å²) in [6.07, 6.45) is 3.22. The van der Waals surface area contributed by atoms with Crippen molar-refractivity contribution < 1.29 is 19.1 Å². The Morgan fingerprint density at radius 3 is 2.50 bits per heavy atom. The van der Waals surface area contributed by atoms with E-state index in [1.165, 1.54) is 18.2 Å². The van der Waals surface area contributed by atoms with Crippen LogP contribution in [0, 0.1) is 18.7 Å². The van der Waals surface area contributed by atoms with Crippen LogP contribution in [0.5, 0.6) is 0 Å². The van der Waals surface area contributed by atoms with Gasteiger partial charge in [0.2, 0.25) is 0 Å². The predicted molar refractivity (Wildman–Crippen MR) is 80.7 cm³/mol. The van der Waals surface area contributed by atoms with Crippen LogP contribution in [-0.4, -0.2) is 29.6 Å². The summed E-state index contributed by atoms with van der Waals surface area (Å²) in [6, 6.07) is 4.11. The van der Waals surface area contributed by atoms with Crippen LogP contribution in [0.1, 0.15) is 31.2 Å². The van der Waals surface area contributed by atoms with Gasteiger partial charge in [0.05, 0.1) is 0 Å². The van der Waals surface area contributed by atoms with E-state index >= 15 is 0 Å². The SMILES string of the molecule is Cc1cc(NC(=O)C(=O)NC2CCC(CO)CC2)ccc1F. The van der Waals surface area contributed by atoms with Gasteiger partial charge in [-0.3, -0.25) is 9.59 Å². The molecule has 0 saturated heterocycles. The molecule has 0 heterocycles. The molecule has 1 aliphatic carbocycles. The minimum atomic E-state index is -0.754. The highest BCUT2D eigenvalue weighted by atomic mass is 19.1. The second kappa shape index (κ2) is 7.35. The topological polar surface area (TPSA) is 78.4 Å². The lowest BCUT2D eigenvalue weighted by atomic mass is 9.86. The Hall–Kier alpha value is -1.95. The Morgan fingerprint density at radius 2 is 1.91 bits per heavy atom. The van der Waals surface area contributed by atoms with Crippen LogP contribution < -0.4 is 10.6 Å². The van der Waals surface area contributed by atoms with Crippen LogP contribution in [0.15, 0.2) is 18.2 Å². The lowest BCUT2D eigenvalue weighted by Crippen LogP contribution is -2.43. The van der Waals surface area contributed by atoms with Crippen molar-refractivity contribution >= 4 is 17.5 Å². The number of halogens is 1. The number of carbonyl (C=O) groups is 2. The van der Waals surface area contributed by atoms with Crippen LogP contribution in [0.2, 0.25) is 0 Å². The lowest BCUT2D eigenvalue weighted by Gasteiger charge is -2.27. The molecular formula is C16H21FN2O3. The van der Waals surface area contributed by atoms with Gasteiger partial charge < -0.3 is 15.7 Å². The second-order valence-electron chi connectivity index (χ2n) is 5.79. The average Bonchev–Trinajstić information content (AvgIpc) is 2.51. The molecule has 2 rings (SSSR count). The first kappa shape index (κ1) is 16.4. The summed E-state index contributed by atoms with van der Waals surface area (Å²) in [5.41, 5.74) is 0.795. The van der Waals surface area contributed by atoms with E-state index in [2.05, 4.69) is 10.6 Å². The third-order valence-corrected chi connectivity index (χ3v) is 4.06. The molecule has 1 saturated carbocycles. The molecule has 2 amide bonds. The number of rotatable bonds is 3. The Kier molecular flexibility index (Phi) is 5.49. The molecule has 0 radical (unpaired) electrons. The van der Waals surface area contributed by atoms with E-state index in [1.54, 1.807) is 6.92 Å². The standard InChI is InChI=1S/C16H21FN2O3/c1-10-8-13(6-7-14(10)17)19-16(22)15(21)18-12-4-2-11(9-20)3-5-12/h6-8,11-12,20H,2-5,9H2,1H3,(H,18,21)(H,19,22). The second-order valence-corrected chi connectivity index (χ2v) is 5.79. The lowest BCUT2D eigenvalue weighted by molar-refractivity contribution is -0.136. The number of anilines is 1. The van der Waals surface area contributed by atoms with Gasteiger partial charge in [0.15, 0.2) is 0 Å². The number of nitrogens with one attached hydrogen (secondary N) is 2. The first-order valence-electron chi connectivity index (χ1n) is 7.48. The normalized spacial score (nSPS) is 21.2. The number of carbonyl (C=O) groups excluding carboxylic acids is 2. The smallest absolute Gasteiger partial charge is 0.313 e. The molecule has 0 aromatic heterocycles. The molecule has 1 aromatic rings. The van der Waals surface area contributed by atoms with Crippen LogP contribution in [0.3, 0.4) is 0 Å². The van der Waals surface area contributed by atoms with Gasteiger partial charge in [-0.1, -0.05) is 0 Å². The highest BCUT2D eigenvalue weighted by Crippen LogP contribution is 2.23. The number of amides is 2. The summed E-state index contributed by atoms with van der Waals surface area (Å²) in [7, 11) is 0. The number of aliphatic hydroxyl groups is 1. The van der Waals surface area contributed by atoms with Gasteiger partial charge in [-0.05, 0) is 62.3 Å². The van der Waals surface area contributed by atoms with Gasteiger partial charge >= 0.3 is 11.8 Å². The quantitative estimate of drug-likeness (QED) is 0.744. The minimum absolute atomic E-state index is 0.0315. The van der Waals surface area contributed by atoms with Crippen molar-refractivity contribution in [2.75, 3.05) is 11.9 Å². The third kappa shape index (κ3) is 4.27. The maximum Gasteiger partial charge on any atom is 0.313 e. The Balaban J connectivity index is 1.84. The van der Waals surface area contributed by atoms with Crippen LogP contribution in [-0.2, 0) is 9.59 Å². The molecule has 22 heavy (non-hydrogen) atoms. The first-order valence-corrected chi connectivity index (χ1v) is 7.48. The summed E-state index contributed by atoms with van der Waals surface area (Å²) in [4.78, 5) is 23.7. The van der Waals surface area contributed by atoms with E-state index < -0.39 is 11.8 Å². The summed E-state index contributed by atoms with van der Waals surface area (Å²) in [5.74, 6) is -1.50. The number of aryl methyl sites for hydroxylation is 1. The number of hydrogen-bond acceptors (Lipinski definition) is 3. The Bertz CT molecular complexity index is 554. The zero-order valence-electron chi connectivity index (χ0n) is 12.6. The molecule has 5 nitrogen and oxygen atoms in total. The molecular weight excluding hydrogens is 287 g/mol. The zero-order chi connectivity index (χ0) is 16.1. The van der Waals surface area contributed by atoms with Gasteiger partial charge in [-0.2, -0.15) is 0 Å². The van der Waals surface area contributed by atoms with Crippen molar-refractivity contribution in [3.63, 3.8) is 0 Å². The molecule has 0 bridgehead atoms. The van der Waals surface area contributed by atoms with Gasteiger partial charge in [0.25, 0.3) is 0 Å². The van der Waals surface area contributed by atoms with E-state index in [0.717, 1.165) is 25.7 Å². The Morgan fingerprint density at radius 1 is 1.23 bits per heavy atom. The zero-order valence-corrected chi connectivity index (χ0v) is 12.6. The van der Waals surface area contributed by atoms with Crippen molar-refractivity contribution in [2.45, 2.75) is 38.6 Å². The number of benzene rings is 1. The van der Waals surface area contributed by atoms with Crippen molar-refractivity contribution in [1.29, 1.82) is 0 Å².